The van der Waals surface area contributed by atoms with Crippen molar-refractivity contribution in [1.29, 1.82) is 0 Å². The van der Waals surface area contributed by atoms with E-state index in [9.17, 15) is 4.79 Å². The van der Waals surface area contributed by atoms with Gasteiger partial charge in [0.1, 0.15) is 5.01 Å². The summed E-state index contributed by atoms with van der Waals surface area (Å²) in [5.41, 5.74) is 3.77. The quantitative estimate of drug-likeness (QED) is 0.687. The average molecular weight is 382 g/mol. The lowest BCUT2D eigenvalue weighted by Gasteiger charge is -2.09. The lowest BCUT2D eigenvalue weighted by molar-refractivity contribution is 0.0951. The molecule has 0 aliphatic carbocycles. The van der Waals surface area contributed by atoms with Crippen LogP contribution in [0.5, 0.6) is 11.5 Å². The van der Waals surface area contributed by atoms with Crippen molar-refractivity contribution >= 4 is 17.2 Å². The van der Waals surface area contributed by atoms with Crippen molar-refractivity contribution in [3.8, 4) is 22.1 Å². The van der Waals surface area contributed by atoms with Crippen molar-refractivity contribution in [2.24, 2.45) is 0 Å². The number of aromatic nitrogens is 1. The summed E-state index contributed by atoms with van der Waals surface area (Å²) in [5, 5.41) is 3.93. The molecule has 0 bridgehead atoms. The van der Waals surface area contributed by atoms with E-state index in [1.165, 1.54) is 5.56 Å². The lowest BCUT2D eigenvalue weighted by Crippen LogP contribution is -2.22. The van der Waals surface area contributed by atoms with Gasteiger partial charge >= 0.3 is 0 Å². The maximum absolute atomic E-state index is 12.5. The SMILES string of the molecule is COc1ccc(C(=O)NCc2sc(-c3ccccc3C)nc2C)cc1OC. The third-order valence-corrected chi connectivity index (χ3v) is 5.51. The van der Waals surface area contributed by atoms with E-state index in [4.69, 9.17) is 9.47 Å². The Hall–Kier alpha value is -2.86. The van der Waals surface area contributed by atoms with Crippen LogP contribution in [0.3, 0.4) is 0 Å². The van der Waals surface area contributed by atoms with E-state index in [1.54, 1.807) is 43.8 Å². The number of nitrogens with zero attached hydrogens (tertiary/aromatic N) is 1. The number of carbonyl (C=O) groups is 1. The van der Waals surface area contributed by atoms with Crippen LogP contribution in [0.2, 0.25) is 0 Å². The predicted octanol–water partition coefficient (Wildman–Crippen LogP) is 4.37. The van der Waals surface area contributed by atoms with Crippen LogP contribution >= 0.6 is 11.3 Å². The number of amides is 1. The molecule has 3 rings (SSSR count). The van der Waals surface area contributed by atoms with Crippen LogP contribution in [-0.4, -0.2) is 25.1 Å². The molecule has 0 saturated heterocycles. The number of methoxy groups -OCH3 is 2. The van der Waals surface area contributed by atoms with Crippen molar-refractivity contribution < 1.29 is 14.3 Å². The number of benzene rings is 2. The van der Waals surface area contributed by atoms with Crippen molar-refractivity contribution in [1.82, 2.24) is 10.3 Å². The minimum Gasteiger partial charge on any atom is -0.493 e. The molecule has 1 amide bonds. The molecule has 1 aromatic heterocycles. The summed E-state index contributed by atoms with van der Waals surface area (Å²) < 4.78 is 10.5. The Morgan fingerprint density at radius 3 is 2.52 bits per heavy atom. The van der Waals surface area contributed by atoms with Gasteiger partial charge in [0.15, 0.2) is 11.5 Å². The molecule has 1 heterocycles. The molecule has 6 heteroatoms. The van der Waals surface area contributed by atoms with E-state index in [0.717, 1.165) is 21.1 Å². The number of rotatable bonds is 6. The first-order valence-corrected chi connectivity index (χ1v) is 9.37. The van der Waals surface area contributed by atoms with Crippen molar-refractivity contribution in [2.45, 2.75) is 20.4 Å². The third-order valence-electron chi connectivity index (χ3n) is 4.32. The van der Waals surface area contributed by atoms with Crippen molar-refractivity contribution in [2.75, 3.05) is 14.2 Å². The number of ether oxygens (including phenoxy) is 2. The average Bonchev–Trinajstić information content (AvgIpc) is 3.06. The Bertz CT molecular complexity index is 966. The van der Waals surface area contributed by atoms with E-state index in [1.807, 2.05) is 19.1 Å². The number of hydrogen-bond acceptors (Lipinski definition) is 5. The van der Waals surface area contributed by atoms with E-state index in [2.05, 4.69) is 29.4 Å². The topological polar surface area (TPSA) is 60.5 Å². The Balaban J connectivity index is 1.74. The molecule has 5 nitrogen and oxygen atoms in total. The van der Waals surface area contributed by atoms with Gasteiger partial charge in [0.2, 0.25) is 0 Å². The highest BCUT2D eigenvalue weighted by Crippen LogP contribution is 2.30. The molecular weight excluding hydrogens is 360 g/mol. The molecule has 1 N–H and O–H groups in total. The molecule has 0 aliphatic heterocycles. The highest BCUT2D eigenvalue weighted by Gasteiger charge is 2.14. The molecule has 0 unspecified atom stereocenters. The minimum absolute atomic E-state index is 0.166. The number of thiazole rings is 1. The molecule has 140 valence electrons. The van der Waals surface area contributed by atoms with E-state index in [0.29, 0.717) is 23.6 Å². The first-order valence-electron chi connectivity index (χ1n) is 8.56. The monoisotopic (exact) mass is 382 g/mol. The van der Waals surface area contributed by atoms with Crippen LogP contribution in [0.15, 0.2) is 42.5 Å². The molecule has 0 aliphatic rings. The largest absolute Gasteiger partial charge is 0.493 e. The second-order valence-electron chi connectivity index (χ2n) is 6.09. The first kappa shape index (κ1) is 18.9. The zero-order chi connectivity index (χ0) is 19.4. The molecule has 0 fully saturated rings. The lowest BCUT2D eigenvalue weighted by atomic mass is 10.1. The Kier molecular flexibility index (Phi) is 5.76. The highest BCUT2D eigenvalue weighted by atomic mass is 32.1. The second-order valence-corrected chi connectivity index (χ2v) is 7.18. The number of nitrogens with one attached hydrogen (secondary N) is 1. The van der Waals surface area contributed by atoms with Gasteiger partial charge in [-0.2, -0.15) is 0 Å². The maximum atomic E-state index is 12.5. The minimum atomic E-state index is -0.166. The molecule has 0 atom stereocenters. The zero-order valence-electron chi connectivity index (χ0n) is 15.8. The van der Waals surface area contributed by atoms with E-state index >= 15 is 0 Å². The van der Waals surface area contributed by atoms with Crippen LogP contribution < -0.4 is 14.8 Å². The molecule has 0 saturated carbocycles. The standard InChI is InChI=1S/C21H22N2O3S/c1-13-7-5-6-8-16(13)21-23-14(2)19(27-21)12-22-20(24)15-9-10-17(25-3)18(11-15)26-4/h5-11H,12H2,1-4H3,(H,22,24). The molecule has 27 heavy (non-hydrogen) atoms. The highest BCUT2D eigenvalue weighted by molar-refractivity contribution is 7.15. The van der Waals surface area contributed by atoms with Crippen LogP contribution in [0.4, 0.5) is 0 Å². The Labute approximate surface area is 163 Å². The van der Waals surface area contributed by atoms with Crippen LogP contribution in [0, 0.1) is 13.8 Å². The van der Waals surface area contributed by atoms with Crippen LogP contribution in [0.1, 0.15) is 26.5 Å². The van der Waals surface area contributed by atoms with Crippen molar-refractivity contribution in [3.63, 3.8) is 0 Å². The van der Waals surface area contributed by atoms with E-state index < -0.39 is 0 Å². The normalized spacial score (nSPS) is 10.5. The fraction of sp³-hybridized carbons (Fsp3) is 0.238. The van der Waals surface area contributed by atoms with Crippen LogP contribution in [-0.2, 0) is 6.54 Å². The van der Waals surface area contributed by atoms with Gasteiger partial charge in [-0.05, 0) is 37.6 Å². The van der Waals surface area contributed by atoms with Gasteiger partial charge in [0.05, 0.1) is 26.5 Å². The fourth-order valence-electron chi connectivity index (χ4n) is 2.76. The molecule has 3 aromatic rings. The summed E-state index contributed by atoms with van der Waals surface area (Å²) in [5.74, 6) is 0.956. The first-order chi connectivity index (χ1) is 13.0. The number of aryl methyl sites for hydroxylation is 2. The van der Waals surface area contributed by atoms with Gasteiger partial charge in [-0.3, -0.25) is 4.79 Å². The summed E-state index contributed by atoms with van der Waals surface area (Å²) in [6.07, 6.45) is 0. The number of carbonyl (C=O) groups excluding carboxylic acids is 1. The molecule has 0 spiro atoms. The molecular formula is C21H22N2O3S. The molecule has 0 radical (unpaired) electrons. The Morgan fingerprint density at radius 1 is 1.07 bits per heavy atom. The summed E-state index contributed by atoms with van der Waals surface area (Å²) >= 11 is 1.61. The molecule has 2 aromatic carbocycles. The summed E-state index contributed by atoms with van der Waals surface area (Å²) in [7, 11) is 3.11. The predicted molar refractivity (Wildman–Crippen MR) is 108 cm³/mol. The number of hydrogen-bond donors (Lipinski definition) is 1. The zero-order valence-corrected chi connectivity index (χ0v) is 16.6. The fourth-order valence-corrected chi connectivity index (χ4v) is 3.85. The summed E-state index contributed by atoms with van der Waals surface area (Å²) in [6, 6.07) is 13.3. The van der Waals surface area contributed by atoms with Gasteiger partial charge < -0.3 is 14.8 Å². The van der Waals surface area contributed by atoms with E-state index in [-0.39, 0.29) is 5.91 Å². The van der Waals surface area contributed by atoms with Gasteiger partial charge in [0.25, 0.3) is 5.91 Å². The van der Waals surface area contributed by atoms with Gasteiger partial charge in [-0.15, -0.1) is 11.3 Å². The van der Waals surface area contributed by atoms with Gasteiger partial charge in [0, 0.05) is 16.0 Å². The third kappa shape index (κ3) is 4.11. The second kappa shape index (κ2) is 8.22. The maximum Gasteiger partial charge on any atom is 0.251 e. The summed E-state index contributed by atoms with van der Waals surface area (Å²) in [6.45, 7) is 4.48. The smallest absolute Gasteiger partial charge is 0.251 e. The van der Waals surface area contributed by atoms with Crippen LogP contribution in [0.25, 0.3) is 10.6 Å². The van der Waals surface area contributed by atoms with Crippen molar-refractivity contribution in [3.05, 3.63) is 64.2 Å². The summed E-state index contributed by atoms with van der Waals surface area (Å²) in [4.78, 5) is 18.2. The Morgan fingerprint density at radius 2 is 1.81 bits per heavy atom. The van der Waals surface area contributed by atoms with Gasteiger partial charge in [-0.25, -0.2) is 4.98 Å². The van der Waals surface area contributed by atoms with Gasteiger partial charge in [-0.1, -0.05) is 24.3 Å².